The van der Waals surface area contributed by atoms with E-state index in [4.69, 9.17) is 0 Å². The Balaban J connectivity index is 0.00000163. The normalized spacial score (nSPS) is 9.96. The first-order valence-electron chi connectivity index (χ1n) is 8.05. The molecule has 2 aromatic rings. The van der Waals surface area contributed by atoms with Gasteiger partial charge in [-0.1, -0.05) is 24.8 Å². The average molecular weight is 355 g/mol. The van der Waals surface area contributed by atoms with Gasteiger partial charge in [-0.2, -0.15) is 5.26 Å². The van der Waals surface area contributed by atoms with Crippen LogP contribution in [0.25, 0.3) is 17.2 Å². The number of hydrogen-bond donors (Lipinski definition) is 5. The highest BCUT2D eigenvalue weighted by Gasteiger charge is 2.21. The highest BCUT2D eigenvalue weighted by molar-refractivity contribution is 5.83. The minimum Gasteiger partial charge on any atom is -0.392 e. The molecule has 1 aromatic carbocycles. The summed E-state index contributed by atoms with van der Waals surface area (Å²) in [6, 6.07) is 5.62. The van der Waals surface area contributed by atoms with Gasteiger partial charge in [0.05, 0.1) is 19.8 Å². The maximum atomic E-state index is 9.85. The fraction of sp³-hybridized carbons (Fsp3) is 0.250. The molecule has 0 aliphatic rings. The van der Waals surface area contributed by atoms with Gasteiger partial charge in [0, 0.05) is 23.4 Å². The molecule has 0 spiro atoms. The van der Waals surface area contributed by atoms with E-state index in [1.165, 1.54) is 0 Å². The molecule has 0 atom stereocenters. The zero-order valence-corrected chi connectivity index (χ0v) is 15.0. The van der Waals surface area contributed by atoms with Gasteiger partial charge < -0.3 is 25.6 Å². The topological polar surface area (TPSA) is 112 Å². The van der Waals surface area contributed by atoms with Gasteiger partial charge in [-0.3, -0.25) is 0 Å². The molecule has 0 fully saturated rings. The lowest BCUT2D eigenvalue weighted by atomic mass is 9.90. The highest BCUT2D eigenvalue weighted by Crippen LogP contribution is 2.36. The lowest BCUT2D eigenvalue weighted by molar-refractivity contribution is 0.248. The standard InChI is InChI=1S/C18H21N3O3.C2H4/c1-3-12-16(6-19)21-17(7-20-2)18(12)13-5-4-11(8-22)14(9-23)15(13)10-24;1-2/h3-5,20-24H,1,7-10H2,2H3;1-2H2. The van der Waals surface area contributed by atoms with E-state index < -0.39 is 0 Å². The number of aliphatic hydroxyl groups is 3. The van der Waals surface area contributed by atoms with Gasteiger partial charge in [0.15, 0.2) is 0 Å². The van der Waals surface area contributed by atoms with E-state index in [9.17, 15) is 20.6 Å². The quantitative estimate of drug-likeness (QED) is 0.489. The van der Waals surface area contributed by atoms with Crippen LogP contribution in [0.1, 0.15) is 33.6 Å². The van der Waals surface area contributed by atoms with Crippen LogP contribution in [0.3, 0.4) is 0 Å². The first-order chi connectivity index (χ1) is 12.7. The summed E-state index contributed by atoms with van der Waals surface area (Å²) >= 11 is 0. The van der Waals surface area contributed by atoms with Crippen LogP contribution in [0.5, 0.6) is 0 Å². The fourth-order valence-electron chi connectivity index (χ4n) is 2.98. The number of nitrogens with one attached hydrogen (secondary N) is 2. The number of hydrogen-bond acceptors (Lipinski definition) is 5. The summed E-state index contributed by atoms with van der Waals surface area (Å²) in [6.07, 6.45) is 1.60. The molecule has 0 aliphatic carbocycles. The second-order valence-corrected chi connectivity index (χ2v) is 5.32. The maximum absolute atomic E-state index is 9.85. The molecule has 5 N–H and O–H groups in total. The van der Waals surface area contributed by atoms with Crippen LogP contribution >= 0.6 is 0 Å². The number of H-pyrrole nitrogens is 1. The van der Waals surface area contributed by atoms with Crippen molar-refractivity contribution in [3.63, 3.8) is 0 Å². The van der Waals surface area contributed by atoms with Crippen LogP contribution < -0.4 is 5.32 Å². The minimum atomic E-state index is -0.292. The molecule has 2 rings (SSSR count). The van der Waals surface area contributed by atoms with Crippen LogP contribution in [0, 0.1) is 11.3 Å². The first kappa shape index (κ1) is 21.4. The van der Waals surface area contributed by atoms with E-state index in [0.29, 0.717) is 40.1 Å². The predicted octanol–water partition coefficient (Wildman–Crippen LogP) is 2.19. The van der Waals surface area contributed by atoms with Crippen molar-refractivity contribution in [1.82, 2.24) is 10.3 Å². The van der Waals surface area contributed by atoms with Gasteiger partial charge in [-0.15, -0.1) is 13.2 Å². The van der Waals surface area contributed by atoms with Crippen LogP contribution in [0.15, 0.2) is 31.9 Å². The molecule has 1 aromatic heterocycles. The highest BCUT2D eigenvalue weighted by atomic mass is 16.3. The molecule has 138 valence electrons. The number of nitrogens with zero attached hydrogens (tertiary/aromatic N) is 1. The first-order valence-corrected chi connectivity index (χ1v) is 8.05. The molecule has 6 nitrogen and oxygen atoms in total. The summed E-state index contributed by atoms with van der Waals surface area (Å²) < 4.78 is 0. The fourth-order valence-corrected chi connectivity index (χ4v) is 2.98. The molecule has 0 aliphatic heterocycles. The van der Waals surface area contributed by atoms with Gasteiger partial charge in [-0.05, 0) is 29.3 Å². The second kappa shape index (κ2) is 10.3. The number of aliphatic hydroxyl groups excluding tert-OH is 3. The van der Waals surface area contributed by atoms with Crippen molar-refractivity contribution in [2.75, 3.05) is 7.05 Å². The van der Waals surface area contributed by atoms with Crippen LogP contribution in [0.2, 0.25) is 0 Å². The maximum Gasteiger partial charge on any atom is 0.125 e. The average Bonchev–Trinajstić information content (AvgIpc) is 3.05. The Bertz CT molecular complexity index is 804. The lowest BCUT2D eigenvalue weighted by Gasteiger charge is -2.16. The van der Waals surface area contributed by atoms with E-state index in [2.05, 4.69) is 36.1 Å². The third kappa shape index (κ3) is 3.93. The van der Waals surface area contributed by atoms with Gasteiger partial charge in [0.2, 0.25) is 0 Å². The number of aromatic amines is 1. The molecule has 0 bridgehead atoms. The molecule has 6 heteroatoms. The zero-order valence-electron chi connectivity index (χ0n) is 15.0. The molecular weight excluding hydrogens is 330 g/mol. The Kier molecular flexibility index (Phi) is 8.49. The van der Waals surface area contributed by atoms with Crippen molar-refractivity contribution in [2.24, 2.45) is 0 Å². The molecule has 26 heavy (non-hydrogen) atoms. The lowest BCUT2D eigenvalue weighted by Crippen LogP contribution is -2.08. The summed E-state index contributed by atoms with van der Waals surface area (Å²) in [6.45, 7) is 9.48. The van der Waals surface area contributed by atoms with Crippen molar-refractivity contribution in [3.05, 3.63) is 65.5 Å². The summed E-state index contributed by atoms with van der Waals surface area (Å²) in [5, 5.41) is 41.3. The Hall–Kier alpha value is -2.69. The number of benzene rings is 1. The molecule has 0 saturated heterocycles. The molecular formula is C20H25N3O3. The summed E-state index contributed by atoms with van der Waals surface area (Å²) in [5.74, 6) is 0. The summed E-state index contributed by atoms with van der Waals surface area (Å²) in [5.41, 5.74) is 4.91. The molecule has 0 radical (unpaired) electrons. The van der Waals surface area contributed by atoms with E-state index in [1.807, 2.05) is 0 Å². The molecule has 0 amide bonds. The predicted molar refractivity (Wildman–Crippen MR) is 103 cm³/mol. The van der Waals surface area contributed by atoms with E-state index in [-0.39, 0.29) is 19.8 Å². The van der Waals surface area contributed by atoms with Crippen LogP contribution in [-0.2, 0) is 26.4 Å². The van der Waals surface area contributed by atoms with Crippen LogP contribution in [-0.4, -0.2) is 27.4 Å². The van der Waals surface area contributed by atoms with E-state index in [0.717, 1.165) is 11.3 Å². The Morgan fingerprint density at radius 3 is 2.27 bits per heavy atom. The van der Waals surface area contributed by atoms with Crippen molar-refractivity contribution in [2.45, 2.75) is 26.4 Å². The third-order valence-corrected chi connectivity index (χ3v) is 4.07. The van der Waals surface area contributed by atoms with E-state index >= 15 is 0 Å². The molecule has 0 unspecified atom stereocenters. The minimum absolute atomic E-state index is 0.225. The van der Waals surface area contributed by atoms with Gasteiger partial charge in [-0.25, -0.2) is 0 Å². The monoisotopic (exact) mass is 355 g/mol. The largest absolute Gasteiger partial charge is 0.392 e. The zero-order chi connectivity index (χ0) is 19.7. The summed E-state index contributed by atoms with van der Waals surface area (Å²) in [4.78, 5) is 3.08. The Labute approximate surface area is 153 Å². The van der Waals surface area contributed by atoms with Crippen LogP contribution in [0.4, 0.5) is 0 Å². The van der Waals surface area contributed by atoms with Gasteiger partial charge >= 0.3 is 0 Å². The SMILES string of the molecule is C=C.C=Cc1c(C#N)[nH]c(CNC)c1-c1ccc(CO)c(CO)c1CO. The molecule has 0 saturated carbocycles. The summed E-state index contributed by atoms with van der Waals surface area (Å²) in [7, 11) is 1.80. The van der Waals surface area contributed by atoms with Gasteiger partial charge in [0.25, 0.3) is 0 Å². The number of aromatic nitrogens is 1. The Morgan fingerprint density at radius 2 is 1.81 bits per heavy atom. The van der Waals surface area contributed by atoms with Gasteiger partial charge in [0.1, 0.15) is 11.8 Å². The van der Waals surface area contributed by atoms with Crippen molar-refractivity contribution in [3.8, 4) is 17.2 Å². The third-order valence-electron chi connectivity index (χ3n) is 4.07. The second-order valence-electron chi connectivity index (χ2n) is 5.32. The number of rotatable bonds is 7. The van der Waals surface area contributed by atoms with Crippen molar-refractivity contribution < 1.29 is 15.3 Å². The van der Waals surface area contributed by atoms with E-state index in [1.54, 1.807) is 25.3 Å². The molecule has 1 heterocycles. The Morgan fingerprint density at radius 1 is 1.15 bits per heavy atom. The number of nitriles is 1. The van der Waals surface area contributed by atoms with Crippen molar-refractivity contribution >= 4 is 6.08 Å². The van der Waals surface area contributed by atoms with Crippen molar-refractivity contribution in [1.29, 1.82) is 5.26 Å². The smallest absolute Gasteiger partial charge is 0.125 e.